The van der Waals surface area contributed by atoms with Gasteiger partial charge in [-0.25, -0.2) is 13.1 Å². The van der Waals surface area contributed by atoms with Crippen LogP contribution in [0.1, 0.15) is 24.0 Å². The first-order valence-electron chi connectivity index (χ1n) is 6.53. The van der Waals surface area contributed by atoms with Gasteiger partial charge in [0.15, 0.2) is 0 Å². The third-order valence-corrected chi connectivity index (χ3v) is 4.42. The molecule has 2 heterocycles. The summed E-state index contributed by atoms with van der Waals surface area (Å²) in [6.07, 6.45) is 4.63. The van der Waals surface area contributed by atoms with Gasteiger partial charge in [-0.05, 0) is 19.9 Å². The van der Waals surface area contributed by atoms with Gasteiger partial charge >= 0.3 is 0 Å². The number of aliphatic hydroxyl groups is 1. The zero-order chi connectivity index (χ0) is 15.5. The highest BCUT2D eigenvalue weighted by Crippen LogP contribution is 2.15. The molecule has 0 aliphatic rings. The van der Waals surface area contributed by atoms with E-state index in [9.17, 15) is 13.5 Å². The molecule has 0 atom stereocenters. The Morgan fingerprint density at radius 1 is 1.33 bits per heavy atom. The topological polar surface area (TPSA) is 97.1 Å². The number of hydrogen-bond donors (Lipinski definition) is 2. The van der Waals surface area contributed by atoms with E-state index in [0.29, 0.717) is 17.9 Å². The van der Waals surface area contributed by atoms with Crippen molar-refractivity contribution in [3.05, 3.63) is 41.7 Å². The van der Waals surface area contributed by atoms with Crippen molar-refractivity contribution in [1.29, 1.82) is 0 Å². The summed E-state index contributed by atoms with van der Waals surface area (Å²) >= 11 is 0. The Kier molecular flexibility index (Phi) is 4.71. The first-order valence-corrected chi connectivity index (χ1v) is 8.01. The van der Waals surface area contributed by atoms with E-state index in [-0.39, 0.29) is 18.0 Å². The molecule has 8 heteroatoms. The molecule has 2 aromatic rings. The van der Waals surface area contributed by atoms with Crippen LogP contribution in [0.2, 0.25) is 0 Å². The Morgan fingerprint density at radius 2 is 2.10 bits per heavy atom. The minimum absolute atomic E-state index is 0.0708. The highest BCUT2D eigenvalue weighted by molar-refractivity contribution is 7.89. The number of nitrogens with one attached hydrogen (secondary N) is 1. The van der Waals surface area contributed by atoms with Crippen molar-refractivity contribution in [3.63, 3.8) is 0 Å². The molecule has 0 radical (unpaired) electrons. The van der Waals surface area contributed by atoms with Crippen molar-refractivity contribution in [1.82, 2.24) is 19.3 Å². The molecule has 21 heavy (non-hydrogen) atoms. The molecule has 0 bridgehead atoms. The van der Waals surface area contributed by atoms with Gasteiger partial charge in [0.05, 0.1) is 35.6 Å². The fourth-order valence-corrected chi connectivity index (χ4v) is 2.92. The largest absolute Gasteiger partial charge is 0.390 e. The summed E-state index contributed by atoms with van der Waals surface area (Å²) in [6, 6.07) is 1.46. The lowest BCUT2D eigenvalue weighted by atomic mass is 10.4. The Bertz CT molecular complexity index is 686. The van der Waals surface area contributed by atoms with Gasteiger partial charge in [-0.15, -0.1) is 0 Å². The standard InChI is InChI=1S/C13H18N4O3S/c1-3-17-8-13(4-12(17)9-18)21(19,20)16-7-11-6-14-10(2)5-15-11/h4-6,8,16,18H,3,7,9H2,1-2H3. The predicted octanol–water partition coefficient (Wildman–Crippen LogP) is 0.577. The molecule has 2 rings (SSSR count). The number of aliphatic hydroxyl groups excluding tert-OH is 1. The molecule has 0 aliphatic heterocycles. The predicted molar refractivity (Wildman–Crippen MR) is 76.8 cm³/mol. The lowest BCUT2D eigenvalue weighted by Gasteiger charge is -2.04. The molecule has 0 aromatic carbocycles. The van der Waals surface area contributed by atoms with Gasteiger partial charge in [0.2, 0.25) is 10.0 Å². The van der Waals surface area contributed by atoms with Gasteiger partial charge in [0, 0.05) is 24.6 Å². The van der Waals surface area contributed by atoms with Crippen molar-refractivity contribution in [3.8, 4) is 0 Å². The molecule has 114 valence electrons. The van der Waals surface area contributed by atoms with Crippen LogP contribution in [0.3, 0.4) is 0 Å². The first kappa shape index (κ1) is 15.6. The molecule has 0 spiro atoms. The smallest absolute Gasteiger partial charge is 0.242 e. The van der Waals surface area contributed by atoms with Crippen LogP contribution in [0.5, 0.6) is 0 Å². The number of nitrogens with zero attached hydrogens (tertiary/aromatic N) is 3. The summed E-state index contributed by atoms with van der Waals surface area (Å²) in [5.74, 6) is 0. The summed E-state index contributed by atoms with van der Waals surface area (Å²) in [4.78, 5) is 8.29. The van der Waals surface area contributed by atoms with Gasteiger partial charge in [-0.3, -0.25) is 9.97 Å². The van der Waals surface area contributed by atoms with Gasteiger partial charge in [-0.1, -0.05) is 0 Å². The van der Waals surface area contributed by atoms with Crippen molar-refractivity contribution >= 4 is 10.0 Å². The lowest BCUT2D eigenvalue weighted by Crippen LogP contribution is -2.23. The van der Waals surface area contributed by atoms with Crippen molar-refractivity contribution in [2.24, 2.45) is 0 Å². The van der Waals surface area contributed by atoms with Crippen molar-refractivity contribution < 1.29 is 13.5 Å². The van der Waals surface area contributed by atoms with Gasteiger partial charge in [-0.2, -0.15) is 0 Å². The summed E-state index contributed by atoms with van der Waals surface area (Å²) in [5.41, 5.74) is 1.88. The van der Waals surface area contributed by atoms with Crippen LogP contribution in [-0.2, 0) is 29.7 Å². The molecular weight excluding hydrogens is 292 g/mol. The molecule has 0 fully saturated rings. The zero-order valence-electron chi connectivity index (χ0n) is 11.9. The van der Waals surface area contributed by atoms with E-state index in [1.807, 2.05) is 13.8 Å². The van der Waals surface area contributed by atoms with Crippen LogP contribution >= 0.6 is 0 Å². The highest BCUT2D eigenvalue weighted by Gasteiger charge is 2.17. The maximum atomic E-state index is 12.2. The molecule has 0 unspecified atom stereocenters. The number of aromatic nitrogens is 3. The number of hydrogen-bond acceptors (Lipinski definition) is 5. The monoisotopic (exact) mass is 310 g/mol. The van der Waals surface area contributed by atoms with Crippen LogP contribution in [0.4, 0.5) is 0 Å². The third kappa shape index (κ3) is 3.66. The van der Waals surface area contributed by atoms with Crippen LogP contribution in [0.15, 0.2) is 29.6 Å². The summed E-state index contributed by atoms with van der Waals surface area (Å²) < 4.78 is 28.6. The third-order valence-electron chi connectivity index (χ3n) is 3.05. The number of rotatable bonds is 6. The second kappa shape index (κ2) is 6.33. The average Bonchev–Trinajstić information content (AvgIpc) is 2.91. The maximum absolute atomic E-state index is 12.2. The Hall–Kier alpha value is -1.77. The van der Waals surface area contributed by atoms with E-state index in [1.54, 1.807) is 10.8 Å². The SMILES string of the molecule is CCn1cc(S(=O)(=O)NCc2cnc(C)cn2)cc1CO. The van der Waals surface area contributed by atoms with Gasteiger partial charge in [0.1, 0.15) is 0 Å². The average molecular weight is 310 g/mol. The maximum Gasteiger partial charge on any atom is 0.242 e. The molecular formula is C13H18N4O3S. The molecule has 2 N–H and O–H groups in total. The minimum Gasteiger partial charge on any atom is -0.390 e. The molecule has 7 nitrogen and oxygen atoms in total. The lowest BCUT2D eigenvalue weighted by molar-refractivity contribution is 0.271. The van der Waals surface area contributed by atoms with E-state index in [0.717, 1.165) is 5.69 Å². The summed E-state index contributed by atoms with van der Waals surface area (Å²) in [5, 5.41) is 9.21. The van der Waals surface area contributed by atoms with E-state index >= 15 is 0 Å². The summed E-state index contributed by atoms with van der Waals surface area (Å²) in [6.45, 7) is 4.15. The normalized spacial score (nSPS) is 11.8. The molecule has 2 aromatic heterocycles. The number of aryl methyl sites for hydroxylation is 2. The van der Waals surface area contributed by atoms with E-state index < -0.39 is 10.0 Å². The molecule has 0 saturated heterocycles. The fourth-order valence-electron chi connectivity index (χ4n) is 1.86. The Balaban J connectivity index is 2.14. The van der Waals surface area contributed by atoms with Gasteiger partial charge < -0.3 is 9.67 Å². The molecule has 0 amide bonds. The van der Waals surface area contributed by atoms with E-state index in [4.69, 9.17) is 0 Å². The Morgan fingerprint density at radius 3 is 2.62 bits per heavy atom. The van der Waals surface area contributed by atoms with Crippen molar-refractivity contribution in [2.45, 2.75) is 38.4 Å². The van der Waals surface area contributed by atoms with Crippen molar-refractivity contribution in [2.75, 3.05) is 0 Å². The molecule has 0 aliphatic carbocycles. The first-order chi connectivity index (χ1) is 9.96. The fraction of sp³-hybridized carbons (Fsp3) is 0.385. The number of sulfonamides is 1. The second-order valence-corrected chi connectivity index (χ2v) is 6.35. The van der Waals surface area contributed by atoms with Crippen LogP contribution in [-0.4, -0.2) is 28.1 Å². The minimum atomic E-state index is -3.64. The van der Waals surface area contributed by atoms with Gasteiger partial charge in [0.25, 0.3) is 0 Å². The summed E-state index contributed by atoms with van der Waals surface area (Å²) in [7, 11) is -3.64. The molecule has 0 saturated carbocycles. The zero-order valence-corrected chi connectivity index (χ0v) is 12.8. The highest BCUT2D eigenvalue weighted by atomic mass is 32.2. The second-order valence-electron chi connectivity index (χ2n) is 4.58. The quantitative estimate of drug-likeness (QED) is 0.813. The van der Waals surface area contributed by atoms with Crippen LogP contribution in [0, 0.1) is 6.92 Å². The van der Waals surface area contributed by atoms with E-state index in [1.165, 1.54) is 18.5 Å². The Labute approximate surface area is 123 Å². The van der Waals surface area contributed by atoms with Crippen LogP contribution < -0.4 is 4.72 Å². The van der Waals surface area contributed by atoms with Crippen LogP contribution in [0.25, 0.3) is 0 Å². The van der Waals surface area contributed by atoms with E-state index in [2.05, 4.69) is 14.7 Å².